The van der Waals surface area contributed by atoms with Crippen LogP contribution in [0.15, 0.2) is 46.6 Å². The van der Waals surface area contributed by atoms with Gasteiger partial charge >= 0.3 is 5.97 Å². The lowest BCUT2D eigenvalue weighted by atomic mass is 9.89. The Kier molecular flexibility index (Phi) is 7.07. The third-order valence-electron chi connectivity index (χ3n) is 5.61. The number of hydrogen-bond donors (Lipinski definition) is 0. The van der Waals surface area contributed by atoms with E-state index in [1.165, 1.54) is 12.5 Å². The summed E-state index contributed by atoms with van der Waals surface area (Å²) in [5.74, 6) is -0.0858. The van der Waals surface area contributed by atoms with Crippen molar-refractivity contribution in [2.24, 2.45) is 0 Å². The highest BCUT2D eigenvalue weighted by atomic mass is 19.1. The first-order valence-corrected chi connectivity index (χ1v) is 11.0. The van der Waals surface area contributed by atoms with Gasteiger partial charge in [0.15, 0.2) is 0 Å². The van der Waals surface area contributed by atoms with Gasteiger partial charge in [0.25, 0.3) is 0 Å². The average molecular weight is 439 g/mol. The topological polar surface area (TPSA) is 48.7 Å². The van der Waals surface area contributed by atoms with E-state index >= 15 is 0 Å². The highest BCUT2D eigenvalue weighted by Crippen LogP contribution is 2.41. The Balaban J connectivity index is 2.14. The number of halogens is 1. The van der Waals surface area contributed by atoms with Gasteiger partial charge in [0.1, 0.15) is 17.1 Å². The van der Waals surface area contributed by atoms with Crippen molar-refractivity contribution in [1.29, 1.82) is 0 Å². The zero-order valence-electron chi connectivity index (χ0n) is 19.8. The SMILES string of the molecule is CCOC(=O)/C(F)=C(\C)c1cc2cc(-c3cc(C(C)C)cc(C(C)C)c3OC)ccc2o1. The molecule has 32 heavy (non-hydrogen) atoms. The summed E-state index contributed by atoms with van der Waals surface area (Å²) < 4.78 is 30.8. The predicted molar refractivity (Wildman–Crippen MR) is 127 cm³/mol. The van der Waals surface area contributed by atoms with Gasteiger partial charge in [0.05, 0.1) is 13.7 Å². The van der Waals surface area contributed by atoms with E-state index in [0.29, 0.717) is 23.2 Å². The normalized spacial score (nSPS) is 12.4. The first-order chi connectivity index (χ1) is 15.2. The fourth-order valence-electron chi connectivity index (χ4n) is 3.73. The molecular formula is C27H31FO4. The molecule has 1 heterocycles. The van der Waals surface area contributed by atoms with E-state index in [-0.39, 0.29) is 12.2 Å². The Labute approximate surface area is 189 Å². The summed E-state index contributed by atoms with van der Waals surface area (Å²) in [6.45, 7) is 11.9. The summed E-state index contributed by atoms with van der Waals surface area (Å²) in [5, 5.41) is 0.816. The highest BCUT2D eigenvalue weighted by molar-refractivity contribution is 5.96. The van der Waals surface area contributed by atoms with E-state index in [1.54, 1.807) is 20.1 Å². The Morgan fingerprint density at radius 3 is 2.38 bits per heavy atom. The Morgan fingerprint density at radius 2 is 1.78 bits per heavy atom. The molecule has 0 aliphatic heterocycles. The van der Waals surface area contributed by atoms with Crippen molar-refractivity contribution >= 4 is 22.5 Å². The molecule has 1 aromatic heterocycles. The molecule has 0 aliphatic rings. The first-order valence-electron chi connectivity index (χ1n) is 11.0. The van der Waals surface area contributed by atoms with Crippen LogP contribution in [0.2, 0.25) is 0 Å². The molecule has 0 amide bonds. The van der Waals surface area contributed by atoms with Gasteiger partial charge in [0, 0.05) is 16.5 Å². The van der Waals surface area contributed by atoms with Crippen molar-refractivity contribution in [1.82, 2.24) is 0 Å². The van der Waals surface area contributed by atoms with Crippen LogP contribution >= 0.6 is 0 Å². The van der Waals surface area contributed by atoms with Gasteiger partial charge in [-0.25, -0.2) is 4.79 Å². The summed E-state index contributed by atoms with van der Waals surface area (Å²) in [7, 11) is 1.70. The number of carbonyl (C=O) groups is 1. The van der Waals surface area contributed by atoms with Crippen LogP contribution in [0.5, 0.6) is 5.75 Å². The molecule has 0 saturated carbocycles. The largest absolute Gasteiger partial charge is 0.496 e. The minimum atomic E-state index is -0.984. The lowest BCUT2D eigenvalue weighted by molar-refractivity contribution is -0.140. The van der Waals surface area contributed by atoms with Crippen LogP contribution in [0.3, 0.4) is 0 Å². The number of ether oxygens (including phenoxy) is 2. The number of fused-ring (bicyclic) bond motifs is 1. The van der Waals surface area contributed by atoms with Gasteiger partial charge in [-0.2, -0.15) is 4.39 Å². The molecule has 0 atom stereocenters. The Bertz CT molecular complexity index is 1170. The lowest BCUT2D eigenvalue weighted by Gasteiger charge is -2.20. The maximum absolute atomic E-state index is 14.4. The zero-order valence-corrected chi connectivity index (χ0v) is 19.8. The zero-order chi connectivity index (χ0) is 23.6. The van der Waals surface area contributed by atoms with Crippen LogP contribution in [0, 0.1) is 0 Å². The van der Waals surface area contributed by atoms with Crippen LogP contribution in [-0.4, -0.2) is 19.7 Å². The molecule has 5 heteroatoms. The van der Waals surface area contributed by atoms with Crippen LogP contribution < -0.4 is 4.74 Å². The molecule has 0 unspecified atom stereocenters. The van der Waals surface area contributed by atoms with Crippen molar-refractivity contribution in [3.63, 3.8) is 0 Å². The summed E-state index contributed by atoms with van der Waals surface area (Å²) >= 11 is 0. The minimum absolute atomic E-state index is 0.110. The van der Waals surface area contributed by atoms with E-state index < -0.39 is 11.8 Å². The second kappa shape index (κ2) is 9.60. The number of carbonyl (C=O) groups excluding carboxylic acids is 1. The number of hydrogen-bond acceptors (Lipinski definition) is 4. The molecule has 3 rings (SSSR count). The molecule has 0 aliphatic carbocycles. The van der Waals surface area contributed by atoms with Gasteiger partial charge in [0.2, 0.25) is 5.83 Å². The molecule has 0 N–H and O–H groups in total. The Morgan fingerprint density at radius 1 is 1.06 bits per heavy atom. The quantitative estimate of drug-likeness (QED) is 0.281. The molecule has 0 radical (unpaired) electrons. The fraction of sp³-hybridized carbons (Fsp3) is 0.370. The van der Waals surface area contributed by atoms with Gasteiger partial charge in [-0.3, -0.25) is 0 Å². The molecule has 0 bridgehead atoms. The van der Waals surface area contributed by atoms with Crippen LogP contribution in [0.25, 0.3) is 27.7 Å². The van der Waals surface area contributed by atoms with E-state index in [2.05, 4.69) is 39.8 Å². The van der Waals surface area contributed by atoms with E-state index in [1.807, 2.05) is 18.2 Å². The maximum atomic E-state index is 14.4. The number of allylic oxidation sites excluding steroid dienone is 1. The van der Waals surface area contributed by atoms with Gasteiger partial charge in [-0.15, -0.1) is 0 Å². The third kappa shape index (κ3) is 4.57. The lowest BCUT2D eigenvalue weighted by Crippen LogP contribution is -2.05. The number of esters is 1. The van der Waals surface area contributed by atoms with Crippen molar-refractivity contribution < 1.29 is 23.1 Å². The number of methoxy groups -OCH3 is 1. The first kappa shape index (κ1) is 23.6. The third-order valence-corrected chi connectivity index (χ3v) is 5.61. The molecule has 0 fully saturated rings. The highest BCUT2D eigenvalue weighted by Gasteiger charge is 2.20. The molecule has 170 valence electrons. The van der Waals surface area contributed by atoms with Crippen LogP contribution in [0.1, 0.15) is 70.3 Å². The molecular weight excluding hydrogens is 407 g/mol. The summed E-state index contributed by atoms with van der Waals surface area (Å²) in [6.07, 6.45) is 0. The molecule has 0 spiro atoms. The predicted octanol–water partition coefficient (Wildman–Crippen LogP) is 7.62. The molecule has 0 saturated heterocycles. The van der Waals surface area contributed by atoms with Gasteiger partial charge in [-0.05, 0) is 66.6 Å². The Hall–Kier alpha value is -3.08. The van der Waals surface area contributed by atoms with Crippen molar-refractivity contribution in [3.05, 3.63) is 59.1 Å². The van der Waals surface area contributed by atoms with E-state index in [9.17, 15) is 9.18 Å². The van der Waals surface area contributed by atoms with Crippen LogP contribution in [-0.2, 0) is 9.53 Å². The summed E-state index contributed by atoms with van der Waals surface area (Å²) in [4.78, 5) is 11.7. The minimum Gasteiger partial charge on any atom is -0.496 e. The van der Waals surface area contributed by atoms with E-state index in [4.69, 9.17) is 13.9 Å². The van der Waals surface area contributed by atoms with Crippen molar-refractivity contribution in [2.75, 3.05) is 13.7 Å². The smallest absolute Gasteiger partial charge is 0.367 e. The summed E-state index contributed by atoms with van der Waals surface area (Å²) in [5.41, 5.74) is 5.13. The number of furan rings is 1. The second-order valence-electron chi connectivity index (χ2n) is 8.52. The fourth-order valence-corrected chi connectivity index (χ4v) is 3.73. The molecule has 2 aromatic carbocycles. The second-order valence-corrected chi connectivity index (χ2v) is 8.52. The van der Waals surface area contributed by atoms with Crippen molar-refractivity contribution in [3.8, 4) is 16.9 Å². The number of rotatable bonds is 7. The molecule has 4 nitrogen and oxygen atoms in total. The van der Waals surface area contributed by atoms with Crippen molar-refractivity contribution in [2.45, 2.75) is 53.4 Å². The van der Waals surface area contributed by atoms with Crippen LogP contribution in [0.4, 0.5) is 4.39 Å². The number of benzene rings is 2. The van der Waals surface area contributed by atoms with E-state index in [0.717, 1.165) is 27.8 Å². The monoisotopic (exact) mass is 438 g/mol. The average Bonchev–Trinajstić information content (AvgIpc) is 3.20. The standard InChI is InChI=1S/C27H31FO4/c1-8-31-27(29)25(28)17(6)24-14-20-11-18(9-10-23(20)32-24)22-13-19(15(2)3)12-21(16(4)5)26(22)30-7/h9-16H,8H2,1-7H3/b25-17-. The summed E-state index contributed by atoms with van der Waals surface area (Å²) in [6, 6.07) is 12.0. The van der Waals surface area contributed by atoms with Gasteiger partial charge in [-0.1, -0.05) is 39.8 Å². The van der Waals surface area contributed by atoms with Gasteiger partial charge < -0.3 is 13.9 Å². The molecule has 3 aromatic rings. The maximum Gasteiger partial charge on any atom is 0.367 e.